The number of benzene rings is 1. The molecule has 0 N–H and O–H groups in total. The monoisotopic (exact) mass is 310 g/mol. The van der Waals surface area contributed by atoms with Crippen LogP contribution in [0.1, 0.15) is 5.56 Å². The van der Waals surface area contributed by atoms with Crippen molar-refractivity contribution in [2.24, 2.45) is 0 Å². The molecule has 2 heterocycles. The van der Waals surface area contributed by atoms with E-state index in [1.807, 2.05) is 24.3 Å². The number of amides is 1. The third kappa shape index (κ3) is 2.89. The molecule has 0 radical (unpaired) electrons. The first kappa shape index (κ1) is 14.3. The molecule has 1 atom stereocenters. The molecule has 1 unspecified atom stereocenters. The van der Waals surface area contributed by atoms with E-state index < -0.39 is 16.1 Å². The van der Waals surface area contributed by atoms with E-state index in [-0.39, 0.29) is 5.91 Å². The van der Waals surface area contributed by atoms with Gasteiger partial charge in [0.2, 0.25) is 10.0 Å². The van der Waals surface area contributed by atoms with Crippen LogP contribution in [0.3, 0.4) is 0 Å². The number of nitrogens with zero attached hydrogens (tertiary/aromatic N) is 2. The molecule has 0 saturated carbocycles. The van der Waals surface area contributed by atoms with Gasteiger partial charge in [-0.05, 0) is 11.6 Å². The lowest BCUT2D eigenvalue weighted by molar-refractivity contribution is -0.139. The zero-order valence-corrected chi connectivity index (χ0v) is 12.7. The van der Waals surface area contributed by atoms with Crippen molar-refractivity contribution in [3.63, 3.8) is 0 Å². The molecule has 0 aromatic heterocycles. The summed E-state index contributed by atoms with van der Waals surface area (Å²) >= 11 is 0. The third-order valence-electron chi connectivity index (χ3n) is 3.94. The summed E-state index contributed by atoms with van der Waals surface area (Å²) in [6.45, 7) is 1.54. The Balaban J connectivity index is 1.61. The lowest BCUT2D eigenvalue weighted by atomic mass is 10.1. The van der Waals surface area contributed by atoms with Crippen molar-refractivity contribution in [1.29, 1.82) is 0 Å². The van der Waals surface area contributed by atoms with E-state index in [2.05, 4.69) is 0 Å². The van der Waals surface area contributed by atoms with Gasteiger partial charge in [0.15, 0.2) is 6.10 Å². The number of carbonyl (C=O) groups is 1. The predicted octanol–water partition coefficient (Wildman–Crippen LogP) is 0.0939. The molecule has 2 aliphatic heterocycles. The summed E-state index contributed by atoms with van der Waals surface area (Å²) in [6.07, 6.45) is 1.30. The number of para-hydroxylation sites is 1. The van der Waals surface area contributed by atoms with E-state index in [9.17, 15) is 13.2 Å². The second kappa shape index (κ2) is 5.31. The average molecular weight is 310 g/mol. The highest BCUT2D eigenvalue weighted by Gasteiger charge is 2.34. The Morgan fingerprint density at radius 1 is 1.19 bits per heavy atom. The molecule has 1 aromatic rings. The van der Waals surface area contributed by atoms with Gasteiger partial charge in [-0.25, -0.2) is 8.42 Å². The molecule has 21 heavy (non-hydrogen) atoms. The first-order valence-electron chi connectivity index (χ1n) is 6.93. The number of fused-ring (bicyclic) bond motifs is 1. The van der Waals surface area contributed by atoms with Crippen LogP contribution < -0.4 is 4.74 Å². The lowest BCUT2D eigenvalue weighted by Crippen LogP contribution is -2.53. The maximum Gasteiger partial charge on any atom is 0.264 e. The Morgan fingerprint density at radius 2 is 1.86 bits per heavy atom. The lowest BCUT2D eigenvalue weighted by Gasteiger charge is -2.34. The molecule has 2 aliphatic rings. The Bertz CT molecular complexity index is 626. The number of ether oxygens (including phenoxy) is 1. The van der Waals surface area contributed by atoms with Gasteiger partial charge in [-0.15, -0.1) is 0 Å². The summed E-state index contributed by atoms with van der Waals surface area (Å²) in [5.74, 6) is 0.713. The Kier molecular flexibility index (Phi) is 3.62. The number of rotatable bonds is 2. The Morgan fingerprint density at radius 3 is 2.48 bits per heavy atom. The zero-order chi connectivity index (χ0) is 15.0. The molecule has 0 bridgehead atoms. The fourth-order valence-corrected chi connectivity index (χ4v) is 3.59. The molecular weight excluding hydrogens is 292 g/mol. The van der Waals surface area contributed by atoms with Gasteiger partial charge in [0, 0.05) is 32.6 Å². The van der Waals surface area contributed by atoms with Gasteiger partial charge in [0.05, 0.1) is 6.26 Å². The summed E-state index contributed by atoms with van der Waals surface area (Å²) in [5.41, 5.74) is 1.05. The summed E-state index contributed by atoms with van der Waals surface area (Å²) in [4.78, 5) is 14.2. The van der Waals surface area contributed by atoms with Crippen LogP contribution >= 0.6 is 0 Å². The normalized spacial score (nSPS) is 22.7. The molecule has 1 fully saturated rings. The van der Waals surface area contributed by atoms with Crippen molar-refractivity contribution in [3.8, 4) is 5.75 Å². The second-order valence-electron chi connectivity index (χ2n) is 5.41. The van der Waals surface area contributed by atoms with Crippen molar-refractivity contribution < 1.29 is 17.9 Å². The van der Waals surface area contributed by atoms with Gasteiger partial charge < -0.3 is 9.64 Å². The molecule has 7 heteroatoms. The van der Waals surface area contributed by atoms with Gasteiger partial charge in [-0.1, -0.05) is 18.2 Å². The zero-order valence-electron chi connectivity index (χ0n) is 11.9. The molecule has 1 aromatic carbocycles. The van der Waals surface area contributed by atoms with E-state index in [4.69, 9.17) is 4.74 Å². The largest absolute Gasteiger partial charge is 0.480 e. The van der Waals surface area contributed by atoms with Gasteiger partial charge in [-0.2, -0.15) is 4.31 Å². The minimum atomic E-state index is -3.17. The van der Waals surface area contributed by atoms with Crippen molar-refractivity contribution in [2.45, 2.75) is 12.5 Å². The molecule has 1 amide bonds. The van der Waals surface area contributed by atoms with Crippen molar-refractivity contribution in [3.05, 3.63) is 29.8 Å². The minimum absolute atomic E-state index is 0.0562. The van der Waals surface area contributed by atoms with Gasteiger partial charge in [0.25, 0.3) is 5.91 Å². The van der Waals surface area contributed by atoms with Crippen molar-refractivity contribution >= 4 is 15.9 Å². The third-order valence-corrected chi connectivity index (χ3v) is 5.25. The van der Waals surface area contributed by atoms with Crippen LogP contribution in [0, 0.1) is 0 Å². The SMILES string of the molecule is CS(=O)(=O)N1CCN(C(=O)C2Cc3ccccc3O2)CC1. The van der Waals surface area contributed by atoms with E-state index in [1.165, 1.54) is 10.6 Å². The summed E-state index contributed by atoms with van der Waals surface area (Å²) in [5, 5.41) is 0. The van der Waals surface area contributed by atoms with Gasteiger partial charge in [-0.3, -0.25) is 4.79 Å². The summed E-state index contributed by atoms with van der Waals surface area (Å²) in [6, 6.07) is 7.64. The Labute approximate surface area is 124 Å². The molecule has 114 valence electrons. The Hall–Kier alpha value is -1.60. The van der Waals surface area contributed by atoms with Crippen LogP contribution in [0.5, 0.6) is 5.75 Å². The van der Waals surface area contributed by atoms with Crippen LogP contribution in [0.4, 0.5) is 0 Å². The fourth-order valence-electron chi connectivity index (χ4n) is 2.76. The molecule has 0 aliphatic carbocycles. The van der Waals surface area contributed by atoms with Crippen LogP contribution in [-0.2, 0) is 21.2 Å². The molecule has 1 saturated heterocycles. The highest BCUT2D eigenvalue weighted by Crippen LogP contribution is 2.29. The molecule has 0 spiro atoms. The summed E-state index contributed by atoms with van der Waals surface area (Å²) in [7, 11) is -3.17. The van der Waals surface area contributed by atoms with Crippen LogP contribution in [0.2, 0.25) is 0 Å². The maximum atomic E-state index is 12.5. The van der Waals surface area contributed by atoms with Crippen molar-refractivity contribution in [2.75, 3.05) is 32.4 Å². The standard InChI is InChI=1S/C14H18N2O4S/c1-21(18,19)16-8-6-15(7-9-16)14(17)13-10-11-4-2-3-5-12(11)20-13/h2-5,13H,6-10H2,1H3. The number of sulfonamides is 1. The number of hydrogen-bond acceptors (Lipinski definition) is 4. The first-order chi connectivity index (χ1) is 9.95. The molecular formula is C14H18N2O4S. The number of carbonyl (C=O) groups excluding carboxylic acids is 1. The predicted molar refractivity (Wildman–Crippen MR) is 77.6 cm³/mol. The van der Waals surface area contributed by atoms with E-state index in [0.717, 1.165) is 11.3 Å². The first-order valence-corrected chi connectivity index (χ1v) is 8.78. The van der Waals surface area contributed by atoms with Crippen LogP contribution in [-0.4, -0.2) is 62.1 Å². The fraction of sp³-hybridized carbons (Fsp3) is 0.500. The van der Waals surface area contributed by atoms with Gasteiger partial charge in [0.1, 0.15) is 5.75 Å². The highest BCUT2D eigenvalue weighted by molar-refractivity contribution is 7.88. The average Bonchev–Trinajstić information content (AvgIpc) is 2.89. The van der Waals surface area contributed by atoms with Crippen LogP contribution in [0.15, 0.2) is 24.3 Å². The van der Waals surface area contributed by atoms with Crippen molar-refractivity contribution in [1.82, 2.24) is 9.21 Å². The number of piperazine rings is 1. The minimum Gasteiger partial charge on any atom is -0.480 e. The number of hydrogen-bond donors (Lipinski definition) is 0. The smallest absolute Gasteiger partial charge is 0.264 e. The van der Waals surface area contributed by atoms with E-state index in [0.29, 0.717) is 32.6 Å². The van der Waals surface area contributed by atoms with Gasteiger partial charge >= 0.3 is 0 Å². The van der Waals surface area contributed by atoms with E-state index >= 15 is 0 Å². The molecule has 6 nitrogen and oxygen atoms in total. The van der Waals surface area contributed by atoms with Crippen LogP contribution in [0.25, 0.3) is 0 Å². The quantitative estimate of drug-likeness (QED) is 0.777. The maximum absolute atomic E-state index is 12.5. The highest BCUT2D eigenvalue weighted by atomic mass is 32.2. The van der Waals surface area contributed by atoms with E-state index in [1.54, 1.807) is 4.90 Å². The second-order valence-corrected chi connectivity index (χ2v) is 7.39. The molecule has 3 rings (SSSR count). The topological polar surface area (TPSA) is 66.9 Å². The summed E-state index contributed by atoms with van der Waals surface area (Å²) < 4.78 is 30.0.